The Kier molecular flexibility index (Phi) is 6.76. The van der Waals surface area contributed by atoms with Gasteiger partial charge in [-0.25, -0.2) is 23.4 Å². The molecule has 5 aromatic rings. The first kappa shape index (κ1) is 27.9. The van der Waals surface area contributed by atoms with E-state index in [-0.39, 0.29) is 34.6 Å². The average Bonchev–Trinajstić information content (AvgIpc) is 3.54. The summed E-state index contributed by atoms with van der Waals surface area (Å²) < 4.78 is 27.8. The lowest BCUT2D eigenvalue weighted by Gasteiger charge is -2.40. The maximum atomic E-state index is 13.2. The summed E-state index contributed by atoms with van der Waals surface area (Å²) in [5.74, 6) is 0.367. The second kappa shape index (κ2) is 10.7. The van der Waals surface area contributed by atoms with Gasteiger partial charge in [-0.2, -0.15) is 9.61 Å². The number of hydrogen-bond acceptors (Lipinski definition) is 10. The number of nitrogens with two attached hydrogens (primary N) is 1. The molecule has 1 aromatic carbocycles. The predicted molar refractivity (Wildman–Crippen MR) is 167 cm³/mol. The van der Waals surface area contributed by atoms with E-state index in [1.165, 1.54) is 17.8 Å². The zero-order chi connectivity index (χ0) is 30.6. The van der Waals surface area contributed by atoms with Crippen molar-refractivity contribution in [3.05, 3.63) is 73.1 Å². The highest BCUT2D eigenvalue weighted by Gasteiger charge is 2.44. The van der Waals surface area contributed by atoms with E-state index in [1.807, 2.05) is 42.5 Å². The lowest BCUT2D eigenvalue weighted by Crippen LogP contribution is -2.43. The van der Waals surface area contributed by atoms with Gasteiger partial charge in [-0.1, -0.05) is 36.4 Å². The fourth-order valence-corrected chi connectivity index (χ4v) is 7.82. The van der Waals surface area contributed by atoms with Crippen LogP contribution in [0.1, 0.15) is 44.2 Å². The van der Waals surface area contributed by atoms with Crippen LogP contribution in [0.5, 0.6) is 0 Å². The number of benzene rings is 1. The summed E-state index contributed by atoms with van der Waals surface area (Å²) in [6.07, 6.45) is 10.8. The van der Waals surface area contributed by atoms with Gasteiger partial charge in [0.25, 0.3) is 0 Å². The van der Waals surface area contributed by atoms with Crippen molar-refractivity contribution in [1.29, 1.82) is 0 Å². The fraction of sp³-hybridized carbons (Fsp3) is 0.290. The van der Waals surface area contributed by atoms with Gasteiger partial charge >= 0.3 is 0 Å². The summed E-state index contributed by atoms with van der Waals surface area (Å²) in [6.45, 7) is 1.45. The molecule has 2 saturated heterocycles. The minimum absolute atomic E-state index is 0.0241. The summed E-state index contributed by atoms with van der Waals surface area (Å²) in [7, 11) is -3.74. The highest BCUT2D eigenvalue weighted by Crippen LogP contribution is 2.47. The normalized spacial score (nSPS) is 19.8. The van der Waals surface area contributed by atoms with Gasteiger partial charge in [0.15, 0.2) is 21.3 Å². The molecule has 0 aliphatic carbocycles. The maximum Gasteiger partial charge on any atom is 0.221 e. The monoisotopic (exact) mass is 609 g/mol. The van der Waals surface area contributed by atoms with Crippen molar-refractivity contribution in [2.45, 2.75) is 55.5 Å². The molecule has 12 nitrogen and oxygen atoms in total. The second-order valence-electron chi connectivity index (χ2n) is 11.5. The van der Waals surface area contributed by atoms with Crippen LogP contribution in [-0.2, 0) is 14.6 Å². The van der Waals surface area contributed by atoms with Crippen LogP contribution in [0.25, 0.3) is 28.0 Å². The molecular formula is C31H31N9O3S. The predicted octanol–water partition coefficient (Wildman–Crippen LogP) is 4.11. The molecule has 2 aliphatic heterocycles. The van der Waals surface area contributed by atoms with Crippen molar-refractivity contribution >= 4 is 38.7 Å². The standard InChI is InChI=1S/C31H31N9O3S/c1-18(41)37-26-16-33-17-35-31(26)39-22-9-10-23(39)13-21(12-22)27-28(44(2,42)43)29(32)40-30(38-27)24(15-36-40)20-8-11-25(34-14-20)19-6-4-3-5-7-19/h3-8,11,14-17,21-23H,9-10,12-13,32H2,1-2H3,(H,37,41). The highest BCUT2D eigenvalue weighted by atomic mass is 32.2. The second-order valence-corrected chi connectivity index (χ2v) is 13.4. The molecule has 7 rings (SSSR count). The number of nitrogen functional groups attached to an aromatic ring is 1. The zero-order valence-electron chi connectivity index (χ0n) is 24.3. The van der Waals surface area contributed by atoms with Crippen molar-refractivity contribution in [2.24, 2.45) is 0 Å². The number of carbonyl (C=O) groups excluding carboxylic acids is 1. The summed E-state index contributed by atoms with van der Waals surface area (Å²) >= 11 is 0. The fourth-order valence-electron chi connectivity index (χ4n) is 6.76. The van der Waals surface area contributed by atoms with Crippen LogP contribution in [0.4, 0.5) is 17.3 Å². The third-order valence-corrected chi connectivity index (χ3v) is 9.70. The SMILES string of the molecule is CC(=O)Nc1cncnc1N1C2CCC1CC(c1nc3c(-c4ccc(-c5ccccc5)nc4)cnn3c(N)c1S(C)(=O)=O)C2. The zero-order valence-corrected chi connectivity index (χ0v) is 25.1. The third kappa shape index (κ3) is 4.82. The van der Waals surface area contributed by atoms with E-state index in [1.54, 1.807) is 18.6 Å². The van der Waals surface area contributed by atoms with Gasteiger partial charge in [-0.05, 0) is 31.7 Å². The Morgan fingerprint density at radius 3 is 2.39 bits per heavy atom. The number of nitrogens with zero attached hydrogens (tertiary/aromatic N) is 7. The lowest BCUT2D eigenvalue weighted by molar-refractivity contribution is -0.114. The molecule has 13 heteroatoms. The van der Waals surface area contributed by atoms with Crippen LogP contribution in [-0.4, -0.2) is 62.2 Å². The molecule has 0 spiro atoms. The van der Waals surface area contributed by atoms with E-state index in [4.69, 9.17) is 10.7 Å². The molecule has 2 atom stereocenters. The van der Waals surface area contributed by atoms with Gasteiger partial charge in [-0.3, -0.25) is 9.78 Å². The van der Waals surface area contributed by atoms with Crippen molar-refractivity contribution in [3.63, 3.8) is 0 Å². The van der Waals surface area contributed by atoms with E-state index in [0.717, 1.165) is 35.9 Å². The van der Waals surface area contributed by atoms with Crippen LogP contribution in [0.2, 0.25) is 0 Å². The number of fused-ring (bicyclic) bond motifs is 3. The van der Waals surface area contributed by atoms with Gasteiger partial charge in [-0.15, -0.1) is 0 Å². The number of amides is 1. The molecule has 44 heavy (non-hydrogen) atoms. The number of sulfone groups is 1. The molecule has 2 fully saturated rings. The third-order valence-electron chi connectivity index (χ3n) is 8.54. The van der Waals surface area contributed by atoms with Crippen LogP contribution in [0.3, 0.4) is 0 Å². The quantitative estimate of drug-likeness (QED) is 0.287. The molecule has 6 heterocycles. The Labute approximate surface area is 254 Å². The number of anilines is 3. The molecule has 1 amide bonds. The van der Waals surface area contributed by atoms with E-state index >= 15 is 0 Å². The summed E-state index contributed by atoms with van der Waals surface area (Å²) in [5, 5.41) is 7.28. The Balaban J connectivity index is 1.28. The van der Waals surface area contributed by atoms with Crippen molar-refractivity contribution in [2.75, 3.05) is 22.2 Å². The highest BCUT2D eigenvalue weighted by molar-refractivity contribution is 7.91. The molecule has 2 aliphatic rings. The summed E-state index contributed by atoms with van der Waals surface area (Å²) in [4.78, 5) is 32.4. The number of rotatable bonds is 6. The molecule has 2 unspecified atom stereocenters. The van der Waals surface area contributed by atoms with Gasteiger partial charge in [0.1, 0.15) is 22.7 Å². The van der Waals surface area contributed by atoms with Gasteiger partial charge in [0.05, 0.1) is 23.8 Å². The first-order valence-corrected chi connectivity index (χ1v) is 16.3. The smallest absolute Gasteiger partial charge is 0.221 e. The van der Waals surface area contributed by atoms with Gasteiger partial charge in [0.2, 0.25) is 5.91 Å². The van der Waals surface area contributed by atoms with E-state index in [2.05, 4.69) is 30.3 Å². The van der Waals surface area contributed by atoms with Crippen LogP contribution in [0.15, 0.2) is 72.3 Å². The van der Waals surface area contributed by atoms with E-state index in [0.29, 0.717) is 41.3 Å². The minimum Gasteiger partial charge on any atom is -0.382 e. The van der Waals surface area contributed by atoms with Crippen molar-refractivity contribution in [1.82, 2.24) is 29.5 Å². The Bertz CT molecular complexity index is 1980. The van der Waals surface area contributed by atoms with Gasteiger partial charge in [0, 0.05) is 54.1 Å². The van der Waals surface area contributed by atoms with Crippen LogP contribution in [0, 0.1) is 0 Å². The topological polar surface area (TPSA) is 161 Å². The molecule has 0 radical (unpaired) electrons. The number of carbonyl (C=O) groups is 1. The molecule has 2 bridgehead atoms. The summed E-state index contributed by atoms with van der Waals surface area (Å²) in [5.41, 5.74) is 11.4. The van der Waals surface area contributed by atoms with E-state index in [9.17, 15) is 13.2 Å². The Morgan fingerprint density at radius 1 is 0.977 bits per heavy atom. The molecular weight excluding hydrogens is 578 g/mol. The van der Waals surface area contributed by atoms with Crippen molar-refractivity contribution in [3.8, 4) is 22.4 Å². The Morgan fingerprint density at radius 2 is 1.73 bits per heavy atom. The van der Waals surface area contributed by atoms with Gasteiger partial charge < -0.3 is 16.0 Å². The first-order chi connectivity index (χ1) is 21.2. The van der Waals surface area contributed by atoms with E-state index < -0.39 is 9.84 Å². The number of nitrogens with one attached hydrogen (secondary N) is 1. The number of hydrogen-bond donors (Lipinski definition) is 2. The molecule has 3 N–H and O–H groups in total. The maximum absolute atomic E-state index is 13.2. The van der Waals surface area contributed by atoms with Crippen LogP contribution < -0.4 is 16.0 Å². The molecule has 0 saturated carbocycles. The molecule has 224 valence electrons. The van der Waals surface area contributed by atoms with Crippen molar-refractivity contribution < 1.29 is 13.2 Å². The van der Waals surface area contributed by atoms with Crippen LogP contribution >= 0.6 is 0 Å². The number of aromatic nitrogens is 6. The number of pyridine rings is 1. The molecule has 4 aromatic heterocycles. The minimum atomic E-state index is -3.74. The summed E-state index contributed by atoms with van der Waals surface area (Å²) in [6, 6.07) is 14.0. The first-order valence-electron chi connectivity index (χ1n) is 14.4. The lowest BCUT2D eigenvalue weighted by atomic mass is 9.87. The number of piperidine rings is 1. The largest absolute Gasteiger partial charge is 0.382 e. The average molecular weight is 610 g/mol. The Hall–Kier alpha value is -4.91.